The predicted molar refractivity (Wildman–Crippen MR) is 82.5 cm³/mol. The summed E-state index contributed by atoms with van der Waals surface area (Å²) in [5.41, 5.74) is 0. The Bertz CT molecular complexity index is 253. The summed E-state index contributed by atoms with van der Waals surface area (Å²) in [6.45, 7) is 6.39. The van der Waals surface area contributed by atoms with Crippen LogP contribution >= 0.6 is 0 Å². The lowest BCUT2D eigenvalue weighted by molar-refractivity contribution is 0.175. The molecule has 0 amide bonds. The molecule has 1 aliphatic rings. The van der Waals surface area contributed by atoms with Crippen molar-refractivity contribution >= 4 is 5.84 Å². The van der Waals surface area contributed by atoms with E-state index in [2.05, 4.69) is 18.8 Å². The number of rotatable bonds is 11. The fourth-order valence-electron chi connectivity index (χ4n) is 2.82. The van der Waals surface area contributed by atoms with Crippen LogP contribution in [0.25, 0.3) is 0 Å². The molecule has 3 nitrogen and oxygen atoms in total. The minimum atomic E-state index is 0.126. The third kappa shape index (κ3) is 6.42. The van der Waals surface area contributed by atoms with Crippen molar-refractivity contribution in [3.05, 3.63) is 0 Å². The van der Waals surface area contributed by atoms with Gasteiger partial charge in [0.05, 0.1) is 6.54 Å². The number of amidine groups is 1. The van der Waals surface area contributed by atoms with Crippen LogP contribution in [0.1, 0.15) is 71.6 Å². The molecule has 0 aliphatic carbocycles. The quantitative estimate of drug-likeness (QED) is 0.578. The van der Waals surface area contributed by atoms with Gasteiger partial charge in [-0.2, -0.15) is 0 Å². The van der Waals surface area contributed by atoms with Crippen molar-refractivity contribution in [3.8, 4) is 0 Å². The molecule has 1 heterocycles. The van der Waals surface area contributed by atoms with Crippen LogP contribution in [0.2, 0.25) is 0 Å². The van der Waals surface area contributed by atoms with Crippen molar-refractivity contribution < 1.29 is 5.11 Å². The Morgan fingerprint density at radius 3 is 2.37 bits per heavy atom. The predicted octanol–water partition coefficient (Wildman–Crippen LogP) is 3.82. The maximum Gasteiger partial charge on any atom is 0.116 e. The summed E-state index contributed by atoms with van der Waals surface area (Å²) in [4.78, 5) is 6.53. The molecule has 0 spiro atoms. The molecule has 1 rings (SSSR count). The van der Waals surface area contributed by atoms with E-state index in [4.69, 9.17) is 0 Å². The van der Waals surface area contributed by atoms with E-state index in [0.717, 1.165) is 18.9 Å². The van der Waals surface area contributed by atoms with Gasteiger partial charge in [0.2, 0.25) is 0 Å². The summed E-state index contributed by atoms with van der Waals surface area (Å²) < 4.78 is 0. The molecule has 3 heteroatoms. The van der Waals surface area contributed by atoms with Crippen LogP contribution in [-0.4, -0.2) is 35.7 Å². The van der Waals surface area contributed by atoms with Gasteiger partial charge in [-0.3, -0.25) is 4.99 Å². The number of aliphatic imine (C=N–C) groups is 1. The molecular formula is C16H32N2O. The zero-order valence-electron chi connectivity index (χ0n) is 12.9. The highest BCUT2D eigenvalue weighted by Gasteiger charge is 2.20. The molecule has 0 saturated carbocycles. The molecule has 0 aromatic heterocycles. The third-order valence-electron chi connectivity index (χ3n) is 4.07. The molecule has 0 saturated heterocycles. The van der Waals surface area contributed by atoms with Gasteiger partial charge in [0.25, 0.3) is 0 Å². The first-order valence-electron chi connectivity index (χ1n) is 8.19. The van der Waals surface area contributed by atoms with Crippen LogP contribution in [0.4, 0.5) is 0 Å². The lowest BCUT2D eigenvalue weighted by Crippen LogP contribution is -2.32. The monoisotopic (exact) mass is 268 g/mol. The maximum absolute atomic E-state index is 9.24. The minimum absolute atomic E-state index is 0.126. The van der Waals surface area contributed by atoms with Crippen molar-refractivity contribution in [1.29, 1.82) is 0 Å². The van der Waals surface area contributed by atoms with Crippen molar-refractivity contribution in [2.24, 2.45) is 10.9 Å². The van der Waals surface area contributed by atoms with Crippen LogP contribution in [0, 0.1) is 5.92 Å². The topological polar surface area (TPSA) is 35.8 Å². The lowest BCUT2D eigenvalue weighted by Gasteiger charge is -2.22. The van der Waals surface area contributed by atoms with E-state index in [1.807, 2.05) is 4.90 Å². The Labute approximate surface area is 119 Å². The lowest BCUT2D eigenvalue weighted by atomic mass is 10.00. The van der Waals surface area contributed by atoms with Crippen molar-refractivity contribution in [2.45, 2.75) is 71.6 Å². The number of aliphatic hydroxyl groups is 1. The fourth-order valence-corrected chi connectivity index (χ4v) is 2.82. The average molecular weight is 268 g/mol. The fraction of sp³-hybridized carbons (Fsp3) is 0.938. The van der Waals surface area contributed by atoms with Gasteiger partial charge in [0, 0.05) is 12.5 Å². The normalized spacial score (nSPS) is 16.8. The van der Waals surface area contributed by atoms with Crippen LogP contribution < -0.4 is 0 Å². The number of aliphatic hydroxyl groups excluding tert-OH is 1. The van der Waals surface area contributed by atoms with Crippen molar-refractivity contribution in [1.82, 2.24) is 4.90 Å². The SMILES string of the molecule is CCCCCCCCCCC(C)C1=NCCN1CO. The third-order valence-corrected chi connectivity index (χ3v) is 4.07. The van der Waals surface area contributed by atoms with E-state index in [-0.39, 0.29) is 6.73 Å². The van der Waals surface area contributed by atoms with Gasteiger partial charge in [-0.1, -0.05) is 65.2 Å². The first-order valence-corrected chi connectivity index (χ1v) is 8.19. The van der Waals surface area contributed by atoms with Crippen LogP contribution in [0.3, 0.4) is 0 Å². The first kappa shape index (κ1) is 16.5. The molecule has 19 heavy (non-hydrogen) atoms. The van der Waals surface area contributed by atoms with Gasteiger partial charge < -0.3 is 10.0 Å². The summed E-state index contributed by atoms with van der Waals surface area (Å²) in [7, 11) is 0. The second-order valence-corrected chi connectivity index (χ2v) is 5.81. The zero-order valence-corrected chi connectivity index (χ0v) is 12.9. The molecule has 0 aromatic rings. The summed E-state index contributed by atoms with van der Waals surface area (Å²) in [5.74, 6) is 1.64. The van der Waals surface area contributed by atoms with E-state index in [0.29, 0.717) is 5.92 Å². The number of unbranched alkanes of at least 4 members (excludes halogenated alkanes) is 7. The summed E-state index contributed by atoms with van der Waals surface area (Å²) in [5, 5.41) is 9.24. The molecule has 1 atom stereocenters. The molecule has 112 valence electrons. The van der Waals surface area contributed by atoms with E-state index in [1.165, 1.54) is 57.8 Å². The number of nitrogens with zero attached hydrogens (tertiary/aromatic N) is 2. The van der Waals surface area contributed by atoms with Gasteiger partial charge in [0.1, 0.15) is 12.6 Å². The largest absolute Gasteiger partial charge is 0.376 e. The highest BCUT2D eigenvalue weighted by molar-refractivity contribution is 5.85. The summed E-state index contributed by atoms with van der Waals surface area (Å²) in [6.07, 6.45) is 12.2. The van der Waals surface area contributed by atoms with E-state index in [9.17, 15) is 5.11 Å². The molecule has 1 unspecified atom stereocenters. The Morgan fingerprint density at radius 1 is 1.11 bits per heavy atom. The average Bonchev–Trinajstić information content (AvgIpc) is 2.90. The maximum atomic E-state index is 9.24. The number of hydrogen-bond acceptors (Lipinski definition) is 3. The number of hydrogen-bond donors (Lipinski definition) is 1. The van der Waals surface area contributed by atoms with Gasteiger partial charge in [-0.25, -0.2) is 0 Å². The Balaban J connectivity index is 2.00. The van der Waals surface area contributed by atoms with E-state index in [1.54, 1.807) is 0 Å². The van der Waals surface area contributed by atoms with Gasteiger partial charge >= 0.3 is 0 Å². The van der Waals surface area contributed by atoms with Gasteiger partial charge in [-0.15, -0.1) is 0 Å². The molecule has 1 aliphatic heterocycles. The Morgan fingerprint density at radius 2 is 1.74 bits per heavy atom. The van der Waals surface area contributed by atoms with Crippen LogP contribution in [0.15, 0.2) is 4.99 Å². The molecule has 0 fully saturated rings. The summed E-state index contributed by atoms with van der Waals surface area (Å²) in [6, 6.07) is 0. The van der Waals surface area contributed by atoms with Crippen molar-refractivity contribution in [2.75, 3.05) is 19.8 Å². The van der Waals surface area contributed by atoms with Crippen LogP contribution in [0.5, 0.6) is 0 Å². The molecule has 0 bridgehead atoms. The Hall–Kier alpha value is -0.570. The molecular weight excluding hydrogens is 236 g/mol. The minimum Gasteiger partial charge on any atom is -0.376 e. The smallest absolute Gasteiger partial charge is 0.116 e. The first-order chi connectivity index (χ1) is 9.29. The molecule has 0 aromatic carbocycles. The van der Waals surface area contributed by atoms with Crippen molar-refractivity contribution in [3.63, 3.8) is 0 Å². The highest BCUT2D eigenvalue weighted by atomic mass is 16.3. The van der Waals surface area contributed by atoms with Gasteiger partial charge in [0.15, 0.2) is 0 Å². The summed E-state index contributed by atoms with van der Waals surface area (Å²) >= 11 is 0. The van der Waals surface area contributed by atoms with E-state index < -0.39 is 0 Å². The van der Waals surface area contributed by atoms with Crippen LogP contribution in [-0.2, 0) is 0 Å². The second-order valence-electron chi connectivity index (χ2n) is 5.81. The highest BCUT2D eigenvalue weighted by Crippen LogP contribution is 2.17. The Kier molecular flexibility index (Phi) is 8.89. The molecule has 1 N–H and O–H groups in total. The zero-order chi connectivity index (χ0) is 13.9. The standard InChI is InChI=1S/C16H32N2O/c1-3-4-5-6-7-8-9-10-11-15(2)16-17-12-13-18(16)14-19/h15,19H,3-14H2,1-2H3. The molecule has 0 radical (unpaired) electrons. The second kappa shape index (κ2) is 10.2. The van der Waals surface area contributed by atoms with Gasteiger partial charge in [-0.05, 0) is 6.42 Å². The van der Waals surface area contributed by atoms with E-state index >= 15 is 0 Å².